The Morgan fingerprint density at radius 3 is 2.46 bits per heavy atom. The summed E-state index contributed by atoms with van der Waals surface area (Å²) in [7, 11) is 3.25. The van der Waals surface area contributed by atoms with Crippen LogP contribution in [0, 0.1) is 0 Å². The van der Waals surface area contributed by atoms with E-state index in [-0.39, 0.29) is 5.41 Å². The van der Waals surface area contributed by atoms with Crippen molar-refractivity contribution < 1.29 is 14.6 Å². The lowest BCUT2D eigenvalue weighted by molar-refractivity contribution is 0.169. The zero-order valence-electron chi connectivity index (χ0n) is 14.7. The molecule has 1 unspecified atom stereocenters. The second kappa shape index (κ2) is 6.22. The monoisotopic (exact) mass is 349 g/mol. The number of benzene rings is 1. The van der Waals surface area contributed by atoms with Crippen LogP contribution in [0.2, 0.25) is 0 Å². The Bertz CT molecular complexity index is 739. The van der Waals surface area contributed by atoms with Gasteiger partial charge < -0.3 is 19.5 Å². The second-order valence-electron chi connectivity index (χ2n) is 6.91. The predicted molar refractivity (Wildman–Crippen MR) is 94.2 cm³/mol. The molecule has 0 spiro atoms. The van der Waals surface area contributed by atoms with Gasteiger partial charge in [0.2, 0.25) is 5.13 Å². The highest BCUT2D eigenvalue weighted by molar-refractivity contribution is 7.09. The van der Waals surface area contributed by atoms with Gasteiger partial charge >= 0.3 is 0 Å². The van der Waals surface area contributed by atoms with Gasteiger partial charge in [0.05, 0.1) is 20.8 Å². The molecule has 0 saturated heterocycles. The van der Waals surface area contributed by atoms with Crippen molar-refractivity contribution in [3.8, 4) is 11.5 Å². The quantitative estimate of drug-likeness (QED) is 0.919. The summed E-state index contributed by atoms with van der Waals surface area (Å²) in [6, 6.07) is 3.70. The zero-order chi connectivity index (χ0) is 17.5. The molecule has 6 nitrogen and oxygen atoms in total. The van der Waals surface area contributed by atoms with Crippen molar-refractivity contribution in [2.75, 3.05) is 25.7 Å². The van der Waals surface area contributed by atoms with E-state index in [0.717, 1.165) is 27.8 Å². The maximum Gasteiger partial charge on any atom is 0.205 e. The number of hydrogen-bond acceptors (Lipinski definition) is 7. The summed E-state index contributed by atoms with van der Waals surface area (Å²) in [5, 5.41) is 11.5. The number of anilines is 1. The summed E-state index contributed by atoms with van der Waals surface area (Å²) in [5.74, 6) is 2.25. The van der Waals surface area contributed by atoms with Gasteiger partial charge in [-0.15, -0.1) is 0 Å². The number of fused-ring (bicyclic) bond motifs is 1. The van der Waals surface area contributed by atoms with Crippen molar-refractivity contribution in [2.24, 2.45) is 0 Å². The molecule has 1 N–H and O–H groups in total. The van der Waals surface area contributed by atoms with Crippen LogP contribution in [0.15, 0.2) is 12.1 Å². The largest absolute Gasteiger partial charge is 0.496 e. The van der Waals surface area contributed by atoms with Crippen molar-refractivity contribution in [3.63, 3.8) is 0 Å². The zero-order valence-corrected chi connectivity index (χ0v) is 15.5. The molecule has 1 aromatic heterocycles. The average molecular weight is 349 g/mol. The smallest absolute Gasteiger partial charge is 0.205 e. The van der Waals surface area contributed by atoms with E-state index in [1.807, 2.05) is 17.0 Å². The molecule has 0 bridgehead atoms. The number of aliphatic hydroxyl groups is 1. The van der Waals surface area contributed by atoms with Crippen LogP contribution in [0.1, 0.15) is 43.8 Å². The van der Waals surface area contributed by atoms with E-state index in [9.17, 15) is 5.11 Å². The van der Waals surface area contributed by atoms with Crippen LogP contribution in [0.25, 0.3) is 0 Å². The van der Waals surface area contributed by atoms with Gasteiger partial charge in [0.25, 0.3) is 0 Å². The van der Waals surface area contributed by atoms with Crippen molar-refractivity contribution in [2.45, 2.75) is 38.8 Å². The lowest BCUT2D eigenvalue weighted by Gasteiger charge is -2.33. The molecular weight excluding hydrogens is 326 g/mol. The van der Waals surface area contributed by atoms with Crippen LogP contribution in [-0.4, -0.2) is 35.2 Å². The first kappa shape index (κ1) is 17.0. The Balaban J connectivity index is 1.98. The molecule has 2 heterocycles. The van der Waals surface area contributed by atoms with E-state index >= 15 is 0 Å². The standard InChI is InChI=1S/C17H23N3O3S/c1-17(2,3)15-18-16(24-19-15)20-8-10-12(22-4)6-7-13(23-5)14(10)11(21)9-20/h6-7,11,21H,8-9H2,1-5H3. The van der Waals surface area contributed by atoms with Gasteiger partial charge in [-0.2, -0.15) is 4.37 Å². The topological polar surface area (TPSA) is 67.7 Å². The van der Waals surface area contributed by atoms with Gasteiger partial charge in [0.1, 0.15) is 23.4 Å². The van der Waals surface area contributed by atoms with Gasteiger partial charge in [0.15, 0.2) is 0 Å². The Kier molecular flexibility index (Phi) is 4.40. The molecule has 0 radical (unpaired) electrons. The van der Waals surface area contributed by atoms with Crippen LogP contribution >= 0.6 is 11.5 Å². The first-order valence-corrected chi connectivity index (χ1v) is 8.63. The summed E-state index contributed by atoms with van der Waals surface area (Å²) < 4.78 is 15.4. The van der Waals surface area contributed by atoms with Crippen LogP contribution in [-0.2, 0) is 12.0 Å². The Morgan fingerprint density at radius 1 is 1.21 bits per heavy atom. The van der Waals surface area contributed by atoms with Crippen LogP contribution in [0.3, 0.4) is 0 Å². The molecule has 24 heavy (non-hydrogen) atoms. The third-order valence-electron chi connectivity index (χ3n) is 4.15. The van der Waals surface area contributed by atoms with E-state index in [1.54, 1.807) is 14.2 Å². The summed E-state index contributed by atoms with van der Waals surface area (Å²) in [4.78, 5) is 6.70. The highest BCUT2D eigenvalue weighted by atomic mass is 32.1. The van der Waals surface area contributed by atoms with Crippen molar-refractivity contribution in [3.05, 3.63) is 29.1 Å². The van der Waals surface area contributed by atoms with Gasteiger partial charge in [0, 0.05) is 34.6 Å². The minimum absolute atomic E-state index is 0.0953. The third-order valence-corrected chi connectivity index (χ3v) is 4.92. The molecule has 0 amide bonds. The molecular formula is C17H23N3O3S. The summed E-state index contributed by atoms with van der Waals surface area (Å²) in [6.07, 6.45) is -0.666. The van der Waals surface area contributed by atoms with E-state index in [0.29, 0.717) is 18.8 Å². The number of hydrogen-bond donors (Lipinski definition) is 1. The molecule has 2 aromatic rings. The van der Waals surface area contributed by atoms with Crippen molar-refractivity contribution >= 4 is 16.7 Å². The van der Waals surface area contributed by atoms with E-state index in [1.165, 1.54) is 11.5 Å². The fraction of sp³-hybridized carbons (Fsp3) is 0.529. The molecule has 130 valence electrons. The highest BCUT2D eigenvalue weighted by Crippen LogP contribution is 2.41. The molecule has 3 rings (SSSR count). The van der Waals surface area contributed by atoms with Gasteiger partial charge in [-0.3, -0.25) is 0 Å². The first-order valence-electron chi connectivity index (χ1n) is 7.86. The predicted octanol–water partition coefficient (Wildman–Crippen LogP) is 2.91. The minimum Gasteiger partial charge on any atom is -0.496 e. The molecule has 0 aliphatic carbocycles. The molecule has 1 aliphatic rings. The van der Waals surface area contributed by atoms with E-state index in [4.69, 9.17) is 9.47 Å². The number of aromatic nitrogens is 2. The Morgan fingerprint density at radius 2 is 1.88 bits per heavy atom. The van der Waals surface area contributed by atoms with Crippen LogP contribution < -0.4 is 14.4 Å². The van der Waals surface area contributed by atoms with Crippen LogP contribution in [0.4, 0.5) is 5.13 Å². The second-order valence-corrected chi connectivity index (χ2v) is 7.64. The number of nitrogens with zero attached hydrogens (tertiary/aromatic N) is 3. The molecule has 1 aliphatic heterocycles. The van der Waals surface area contributed by atoms with Crippen molar-refractivity contribution in [1.29, 1.82) is 0 Å². The molecule has 1 atom stereocenters. The summed E-state index contributed by atoms with van der Waals surface area (Å²) in [5.41, 5.74) is 1.64. The van der Waals surface area contributed by atoms with Gasteiger partial charge in [-0.1, -0.05) is 20.8 Å². The minimum atomic E-state index is -0.666. The average Bonchev–Trinajstić information content (AvgIpc) is 3.04. The van der Waals surface area contributed by atoms with E-state index < -0.39 is 6.10 Å². The third kappa shape index (κ3) is 2.93. The Hall–Kier alpha value is -1.86. The maximum absolute atomic E-state index is 10.7. The van der Waals surface area contributed by atoms with Gasteiger partial charge in [-0.25, -0.2) is 4.98 Å². The van der Waals surface area contributed by atoms with Crippen molar-refractivity contribution in [1.82, 2.24) is 9.36 Å². The molecule has 0 saturated carbocycles. The SMILES string of the molecule is COc1ccc(OC)c2c1CN(c1nc(C(C)(C)C)ns1)CC2O. The first-order chi connectivity index (χ1) is 11.3. The number of β-amino-alcohol motifs (C(OH)–C–C–N with tert-alkyl or cyclic N) is 1. The number of aliphatic hydroxyl groups excluding tert-OH is 1. The Labute approximate surface area is 146 Å². The van der Waals surface area contributed by atoms with Crippen LogP contribution in [0.5, 0.6) is 11.5 Å². The molecule has 1 aromatic carbocycles. The highest BCUT2D eigenvalue weighted by Gasteiger charge is 2.32. The normalized spacial score (nSPS) is 17.6. The molecule has 7 heteroatoms. The number of rotatable bonds is 3. The lowest BCUT2D eigenvalue weighted by atomic mass is 9.95. The lowest BCUT2D eigenvalue weighted by Crippen LogP contribution is -2.34. The van der Waals surface area contributed by atoms with E-state index in [2.05, 4.69) is 30.1 Å². The fourth-order valence-corrected chi connectivity index (χ4v) is 3.74. The van der Waals surface area contributed by atoms with Gasteiger partial charge in [-0.05, 0) is 12.1 Å². The number of ether oxygens (including phenoxy) is 2. The number of methoxy groups -OCH3 is 2. The fourth-order valence-electron chi connectivity index (χ4n) is 2.87. The summed E-state index contributed by atoms with van der Waals surface area (Å²) in [6.45, 7) is 7.33. The molecule has 0 fully saturated rings. The maximum atomic E-state index is 10.7. The summed E-state index contributed by atoms with van der Waals surface area (Å²) >= 11 is 1.36.